The van der Waals surface area contributed by atoms with Crippen LogP contribution in [0.15, 0.2) is 42.5 Å². The largest absolute Gasteiger partial charge is 0.378 e. The van der Waals surface area contributed by atoms with Crippen molar-refractivity contribution in [2.75, 3.05) is 31.6 Å². The summed E-state index contributed by atoms with van der Waals surface area (Å²) in [7, 11) is 0. The number of anilines is 1. The Morgan fingerprint density at radius 3 is 2.32 bits per heavy atom. The first-order valence-electron chi connectivity index (χ1n) is 7.78. The Kier molecular flexibility index (Phi) is 5.31. The molecule has 1 saturated heterocycles. The van der Waals surface area contributed by atoms with Crippen LogP contribution in [0.1, 0.15) is 20.7 Å². The summed E-state index contributed by atoms with van der Waals surface area (Å²) in [5, 5.41) is 2.57. The number of hydrogen-bond acceptors (Lipinski definition) is 3. The Balaban J connectivity index is 1.67. The highest BCUT2D eigenvalue weighted by atomic mass is 35.5. The Hall–Kier alpha value is -2.44. The molecule has 0 aromatic heterocycles. The third-order valence-electron chi connectivity index (χ3n) is 3.87. The number of carbonyl (C=O) groups excluding carboxylic acids is 2. The van der Waals surface area contributed by atoms with Crippen LogP contribution < -0.4 is 5.32 Å². The van der Waals surface area contributed by atoms with Crippen LogP contribution in [-0.2, 0) is 4.74 Å². The molecule has 1 N–H and O–H groups in total. The molecule has 1 aliphatic heterocycles. The molecule has 130 valence electrons. The van der Waals surface area contributed by atoms with Gasteiger partial charge in [0, 0.05) is 29.9 Å². The smallest absolute Gasteiger partial charge is 0.255 e. The molecule has 2 aromatic rings. The van der Waals surface area contributed by atoms with Crippen LogP contribution in [0.25, 0.3) is 0 Å². The molecule has 0 spiro atoms. The van der Waals surface area contributed by atoms with Crippen LogP contribution in [-0.4, -0.2) is 43.0 Å². The van der Waals surface area contributed by atoms with Gasteiger partial charge in [-0.1, -0.05) is 11.6 Å². The number of morpholine rings is 1. The van der Waals surface area contributed by atoms with Crippen molar-refractivity contribution >= 4 is 29.1 Å². The third-order valence-corrected chi connectivity index (χ3v) is 4.16. The van der Waals surface area contributed by atoms with Gasteiger partial charge in [-0.2, -0.15) is 0 Å². The summed E-state index contributed by atoms with van der Waals surface area (Å²) in [5.74, 6) is -1.00. The molecule has 0 bridgehead atoms. The maximum Gasteiger partial charge on any atom is 0.255 e. The van der Waals surface area contributed by atoms with Crippen molar-refractivity contribution < 1.29 is 18.7 Å². The molecule has 2 amide bonds. The van der Waals surface area contributed by atoms with E-state index in [-0.39, 0.29) is 16.8 Å². The standard InChI is InChI=1S/C18H16ClFN2O3/c19-15-11-14(5-6-16(15)20)21-17(23)12-1-3-13(4-2-12)18(24)22-7-9-25-10-8-22/h1-6,11H,7-10H2,(H,21,23). The van der Waals surface area contributed by atoms with Gasteiger partial charge in [0.2, 0.25) is 0 Å². The number of ether oxygens (including phenoxy) is 1. The topological polar surface area (TPSA) is 58.6 Å². The monoisotopic (exact) mass is 362 g/mol. The first-order chi connectivity index (χ1) is 12.0. The van der Waals surface area contributed by atoms with E-state index in [2.05, 4.69) is 5.32 Å². The molecule has 1 aliphatic rings. The highest BCUT2D eigenvalue weighted by molar-refractivity contribution is 6.31. The third kappa shape index (κ3) is 4.15. The molecule has 0 saturated carbocycles. The molecule has 2 aromatic carbocycles. The molecule has 3 rings (SSSR count). The van der Waals surface area contributed by atoms with Crippen LogP contribution >= 0.6 is 11.6 Å². The maximum atomic E-state index is 13.1. The first kappa shape index (κ1) is 17.4. The molecule has 5 nitrogen and oxygen atoms in total. The van der Waals surface area contributed by atoms with E-state index in [1.807, 2.05) is 0 Å². The Bertz CT molecular complexity index is 789. The van der Waals surface area contributed by atoms with Crippen LogP contribution in [0.2, 0.25) is 5.02 Å². The zero-order valence-electron chi connectivity index (χ0n) is 13.3. The number of nitrogens with zero attached hydrogens (tertiary/aromatic N) is 1. The lowest BCUT2D eigenvalue weighted by Gasteiger charge is -2.26. The van der Waals surface area contributed by atoms with Gasteiger partial charge in [0.15, 0.2) is 0 Å². The summed E-state index contributed by atoms with van der Waals surface area (Å²) < 4.78 is 18.4. The van der Waals surface area contributed by atoms with Gasteiger partial charge in [0.1, 0.15) is 5.82 Å². The van der Waals surface area contributed by atoms with E-state index < -0.39 is 5.82 Å². The van der Waals surface area contributed by atoms with E-state index in [0.29, 0.717) is 43.1 Å². The number of benzene rings is 2. The summed E-state index contributed by atoms with van der Waals surface area (Å²) in [5.41, 5.74) is 1.30. The Morgan fingerprint density at radius 1 is 1.04 bits per heavy atom. The SMILES string of the molecule is O=C(Nc1ccc(F)c(Cl)c1)c1ccc(C(=O)N2CCOCC2)cc1. The minimum absolute atomic E-state index is 0.0655. The molecule has 7 heteroatoms. The molecular weight excluding hydrogens is 347 g/mol. The van der Waals surface area contributed by atoms with Crippen LogP contribution in [0.5, 0.6) is 0 Å². The van der Waals surface area contributed by atoms with E-state index >= 15 is 0 Å². The lowest BCUT2D eigenvalue weighted by Crippen LogP contribution is -2.40. The summed E-state index contributed by atoms with van der Waals surface area (Å²) >= 11 is 5.70. The molecule has 1 fully saturated rings. The number of hydrogen-bond donors (Lipinski definition) is 1. The minimum Gasteiger partial charge on any atom is -0.378 e. The summed E-state index contributed by atoms with van der Waals surface area (Å²) in [6.45, 7) is 2.19. The van der Waals surface area contributed by atoms with Crippen molar-refractivity contribution in [3.8, 4) is 0 Å². The number of halogens is 2. The average Bonchev–Trinajstić information content (AvgIpc) is 2.65. The molecule has 25 heavy (non-hydrogen) atoms. The van der Waals surface area contributed by atoms with Gasteiger partial charge in [0.05, 0.1) is 18.2 Å². The van der Waals surface area contributed by atoms with Crippen molar-refractivity contribution in [3.63, 3.8) is 0 Å². The fourth-order valence-electron chi connectivity index (χ4n) is 2.49. The van der Waals surface area contributed by atoms with Gasteiger partial charge in [-0.05, 0) is 42.5 Å². The second kappa shape index (κ2) is 7.63. The lowest BCUT2D eigenvalue weighted by molar-refractivity contribution is 0.0303. The summed E-state index contributed by atoms with van der Waals surface area (Å²) in [6.07, 6.45) is 0. The Morgan fingerprint density at radius 2 is 1.68 bits per heavy atom. The molecule has 1 heterocycles. The number of nitrogens with one attached hydrogen (secondary N) is 1. The molecule has 0 atom stereocenters. The number of carbonyl (C=O) groups is 2. The predicted octanol–water partition coefficient (Wildman–Crippen LogP) is 3.20. The van der Waals surface area contributed by atoms with Crippen molar-refractivity contribution in [3.05, 3.63) is 64.4 Å². The summed E-state index contributed by atoms with van der Waals surface area (Å²) in [6, 6.07) is 10.3. The molecule has 0 unspecified atom stereocenters. The maximum absolute atomic E-state index is 13.1. The van der Waals surface area contributed by atoms with Crippen LogP contribution in [0, 0.1) is 5.82 Å². The van der Waals surface area contributed by atoms with Crippen molar-refractivity contribution in [1.82, 2.24) is 4.90 Å². The summed E-state index contributed by atoms with van der Waals surface area (Å²) in [4.78, 5) is 26.3. The Labute approximate surface area is 149 Å². The molecular formula is C18H16ClFN2O3. The van der Waals surface area contributed by atoms with Gasteiger partial charge in [-0.25, -0.2) is 4.39 Å². The van der Waals surface area contributed by atoms with E-state index in [9.17, 15) is 14.0 Å². The zero-order valence-corrected chi connectivity index (χ0v) is 14.1. The van der Waals surface area contributed by atoms with Crippen LogP contribution in [0.4, 0.5) is 10.1 Å². The van der Waals surface area contributed by atoms with Crippen molar-refractivity contribution in [2.45, 2.75) is 0 Å². The fourth-order valence-corrected chi connectivity index (χ4v) is 2.67. The van der Waals surface area contributed by atoms with Gasteiger partial charge in [-0.3, -0.25) is 9.59 Å². The lowest BCUT2D eigenvalue weighted by atomic mass is 10.1. The van der Waals surface area contributed by atoms with Gasteiger partial charge >= 0.3 is 0 Å². The van der Waals surface area contributed by atoms with Crippen molar-refractivity contribution in [1.29, 1.82) is 0 Å². The van der Waals surface area contributed by atoms with E-state index in [4.69, 9.17) is 16.3 Å². The fraction of sp³-hybridized carbons (Fsp3) is 0.222. The number of rotatable bonds is 3. The molecule has 0 aliphatic carbocycles. The molecule has 0 radical (unpaired) electrons. The quantitative estimate of drug-likeness (QED) is 0.912. The predicted molar refractivity (Wildman–Crippen MR) is 92.5 cm³/mol. The second-order valence-corrected chi connectivity index (χ2v) is 5.97. The minimum atomic E-state index is -0.550. The first-order valence-corrected chi connectivity index (χ1v) is 8.16. The van der Waals surface area contributed by atoms with Crippen LogP contribution in [0.3, 0.4) is 0 Å². The van der Waals surface area contributed by atoms with E-state index in [1.54, 1.807) is 29.2 Å². The van der Waals surface area contributed by atoms with Gasteiger partial charge < -0.3 is 15.0 Å². The highest BCUT2D eigenvalue weighted by Gasteiger charge is 2.18. The van der Waals surface area contributed by atoms with Crippen molar-refractivity contribution in [2.24, 2.45) is 0 Å². The van der Waals surface area contributed by atoms with Gasteiger partial charge in [0.25, 0.3) is 11.8 Å². The number of amides is 2. The highest BCUT2D eigenvalue weighted by Crippen LogP contribution is 2.20. The van der Waals surface area contributed by atoms with Gasteiger partial charge in [-0.15, -0.1) is 0 Å². The second-order valence-electron chi connectivity index (χ2n) is 5.56. The zero-order chi connectivity index (χ0) is 17.8. The van der Waals surface area contributed by atoms with E-state index in [1.165, 1.54) is 18.2 Å². The average molecular weight is 363 g/mol. The van der Waals surface area contributed by atoms with E-state index in [0.717, 1.165) is 0 Å². The normalized spacial score (nSPS) is 14.2.